The van der Waals surface area contributed by atoms with Crippen LogP contribution in [0, 0.1) is 0 Å². The van der Waals surface area contributed by atoms with Crippen LogP contribution in [0.25, 0.3) is 0 Å². The number of pyridine rings is 1. The lowest BCUT2D eigenvalue weighted by atomic mass is 10.3. The molecule has 9 heteroatoms. The Hall–Kier alpha value is -2.26. The quantitative estimate of drug-likeness (QED) is 0.795. The number of hydrogen-bond acceptors (Lipinski definition) is 5. The van der Waals surface area contributed by atoms with Crippen molar-refractivity contribution in [1.82, 2.24) is 4.98 Å². The number of carbonyl (C=O) groups excluding carboxylic acids is 1. The van der Waals surface area contributed by atoms with Crippen molar-refractivity contribution in [1.29, 1.82) is 0 Å². The minimum absolute atomic E-state index is 0.137. The number of aromatic nitrogens is 1. The number of anilines is 1. The number of nitrogens with zero attached hydrogens (tertiary/aromatic N) is 1. The molecule has 1 aromatic heterocycles. The molecule has 0 aliphatic heterocycles. The van der Waals surface area contributed by atoms with E-state index >= 15 is 0 Å². The SMILES string of the molecule is O=C(CS(=O)(=O)c1ccc(C(=O)O)cn1)Nc1cccc(Br)c1. The van der Waals surface area contributed by atoms with Gasteiger partial charge in [-0.05, 0) is 30.3 Å². The summed E-state index contributed by atoms with van der Waals surface area (Å²) in [5.41, 5.74) is 0.316. The first-order valence-electron chi connectivity index (χ1n) is 6.25. The summed E-state index contributed by atoms with van der Waals surface area (Å²) in [7, 11) is -3.96. The van der Waals surface area contributed by atoms with Gasteiger partial charge >= 0.3 is 5.97 Å². The predicted octanol–water partition coefficient (Wildman–Crippen LogP) is 1.95. The van der Waals surface area contributed by atoms with E-state index in [0.29, 0.717) is 5.69 Å². The number of nitrogens with one attached hydrogen (secondary N) is 1. The summed E-state index contributed by atoms with van der Waals surface area (Å²) in [4.78, 5) is 26.2. The van der Waals surface area contributed by atoms with Crippen LogP contribution in [0.4, 0.5) is 5.69 Å². The first kappa shape index (κ1) is 17.1. The molecule has 2 rings (SSSR count). The Morgan fingerprint density at radius 1 is 1.22 bits per heavy atom. The third-order valence-corrected chi connectivity index (χ3v) is 4.75. The smallest absolute Gasteiger partial charge is 0.337 e. The summed E-state index contributed by atoms with van der Waals surface area (Å²) in [6.07, 6.45) is 0.932. The van der Waals surface area contributed by atoms with Crippen molar-refractivity contribution in [2.75, 3.05) is 11.1 Å². The lowest BCUT2D eigenvalue weighted by molar-refractivity contribution is -0.113. The van der Waals surface area contributed by atoms with Crippen molar-refractivity contribution in [3.8, 4) is 0 Å². The fraction of sp³-hybridized carbons (Fsp3) is 0.0714. The Morgan fingerprint density at radius 3 is 2.52 bits per heavy atom. The number of carbonyl (C=O) groups is 2. The minimum Gasteiger partial charge on any atom is -0.478 e. The van der Waals surface area contributed by atoms with Crippen molar-refractivity contribution >= 4 is 43.3 Å². The van der Waals surface area contributed by atoms with E-state index in [-0.39, 0.29) is 10.6 Å². The van der Waals surface area contributed by atoms with Gasteiger partial charge in [-0.3, -0.25) is 4.79 Å². The predicted molar refractivity (Wildman–Crippen MR) is 86.0 cm³/mol. The molecule has 0 bridgehead atoms. The number of sulfone groups is 1. The zero-order valence-corrected chi connectivity index (χ0v) is 14.0. The Bertz CT molecular complexity index is 850. The maximum Gasteiger partial charge on any atom is 0.337 e. The molecule has 0 aliphatic carbocycles. The van der Waals surface area contributed by atoms with E-state index in [2.05, 4.69) is 26.2 Å². The number of halogens is 1. The third-order valence-electron chi connectivity index (χ3n) is 2.73. The Kier molecular flexibility index (Phi) is 5.12. The van der Waals surface area contributed by atoms with Crippen LogP contribution in [-0.2, 0) is 14.6 Å². The van der Waals surface area contributed by atoms with Crippen molar-refractivity contribution in [3.05, 3.63) is 52.6 Å². The summed E-state index contributed by atoms with van der Waals surface area (Å²) >= 11 is 3.24. The number of rotatable bonds is 5. The monoisotopic (exact) mass is 398 g/mol. The van der Waals surface area contributed by atoms with Gasteiger partial charge in [0.2, 0.25) is 15.7 Å². The summed E-state index contributed by atoms with van der Waals surface area (Å²) < 4.78 is 24.9. The molecule has 0 fully saturated rings. The first-order chi connectivity index (χ1) is 10.8. The molecule has 0 saturated heterocycles. The molecule has 1 aromatic carbocycles. The standard InChI is InChI=1S/C14H11BrN2O5S/c15-10-2-1-3-11(6-10)17-12(18)8-23(21,22)13-5-4-9(7-16-13)14(19)20/h1-7H,8H2,(H,17,18)(H,19,20). The highest BCUT2D eigenvalue weighted by molar-refractivity contribution is 9.10. The lowest BCUT2D eigenvalue weighted by Gasteiger charge is -2.06. The highest BCUT2D eigenvalue weighted by Gasteiger charge is 2.21. The summed E-state index contributed by atoms with van der Waals surface area (Å²) in [5.74, 6) is -2.72. The van der Waals surface area contributed by atoms with Gasteiger partial charge in [0.05, 0.1) is 5.56 Å². The lowest BCUT2D eigenvalue weighted by Crippen LogP contribution is -2.23. The molecule has 0 spiro atoms. The first-order valence-corrected chi connectivity index (χ1v) is 8.70. The fourth-order valence-corrected chi connectivity index (χ4v) is 3.15. The largest absolute Gasteiger partial charge is 0.478 e. The summed E-state index contributed by atoms with van der Waals surface area (Å²) in [6.45, 7) is 0. The van der Waals surface area contributed by atoms with Gasteiger partial charge in [-0.2, -0.15) is 0 Å². The van der Waals surface area contributed by atoms with Crippen molar-refractivity contribution < 1.29 is 23.1 Å². The number of amides is 1. The van der Waals surface area contributed by atoms with Gasteiger partial charge < -0.3 is 10.4 Å². The van der Waals surface area contributed by atoms with E-state index in [0.717, 1.165) is 22.8 Å². The number of carboxylic acid groups (broad SMARTS) is 1. The molecular weight excluding hydrogens is 388 g/mol. The van der Waals surface area contributed by atoms with Crippen molar-refractivity contribution in [3.63, 3.8) is 0 Å². The van der Waals surface area contributed by atoms with E-state index < -0.39 is 27.5 Å². The number of carboxylic acids is 1. The van der Waals surface area contributed by atoms with Crippen LogP contribution in [-0.4, -0.2) is 36.1 Å². The average molecular weight is 399 g/mol. The molecule has 0 aliphatic rings. The second-order valence-electron chi connectivity index (χ2n) is 4.51. The van der Waals surface area contributed by atoms with Crippen LogP contribution < -0.4 is 5.32 Å². The molecule has 1 heterocycles. The molecule has 120 valence electrons. The van der Waals surface area contributed by atoms with E-state index in [1.165, 1.54) is 0 Å². The van der Waals surface area contributed by atoms with E-state index in [4.69, 9.17) is 5.11 Å². The zero-order chi connectivity index (χ0) is 17.0. The second-order valence-corrected chi connectivity index (χ2v) is 7.36. The van der Waals surface area contributed by atoms with Gasteiger partial charge in [-0.15, -0.1) is 0 Å². The van der Waals surface area contributed by atoms with E-state index in [1.54, 1.807) is 24.3 Å². The van der Waals surface area contributed by atoms with E-state index in [1.807, 2.05) is 0 Å². The molecule has 0 unspecified atom stereocenters. The Labute approximate surface area is 140 Å². The molecule has 1 amide bonds. The highest BCUT2D eigenvalue weighted by Crippen LogP contribution is 2.16. The maximum absolute atomic E-state index is 12.1. The third kappa shape index (κ3) is 4.60. The van der Waals surface area contributed by atoms with Gasteiger partial charge in [-0.25, -0.2) is 18.2 Å². The average Bonchev–Trinajstić information content (AvgIpc) is 2.46. The normalized spacial score (nSPS) is 11.0. The molecule has 7 nitrogen and oxygen atoms in total. The van der Waals surface area contributed by atoms with Crippen molar-refractivity contribution in [2.45, 2.75) is 5.03 Å². The van der Waals surface area contributed by atoms with Crippen LogP contribution in [0.2, 0.25) is 0 Å². The Balaban J connectivity index is 2.11. The van der Waals surface area contributed by atoms with Gasteiger partial charge in [-0.1, -0.05) is 22.0 Å². The molecule has 23 heavy (non-hydrogen) atoms. The van der Waals surface area contributed by atoms with Gasteiger partial charge in [0.1, 0.15) is 5.75 Å². The van der Waals surface area contributed by atoms with Gasteiger partial charge in [0.25, 0.3) is 0 Å². The maximum atomic E-state index is 12.1. The molecule has 0 saturated carbocycles. The highest BCUT2D eigenvalue weighted by atomic mass is 79.9. The second kappa shape index (κ2) is 6.88. The van der Waals surface area contributed by atoms with Crippen LogP contribution in [0.15, 0.2) is 52.1 Å². The summed E-state index contributed by atoms with van der Waals surface area (Å²) in [5, 5.41) is 10.9. The molecule has 0 radical (unpaired) electrons. The summed E-state index contributed by atoms with van der Waals surface area (Å²) in [6, 6.07) is 8.89. The number of hydrogen-bond donors (Lipinski definition) is 2. The number of aromatic carboxylic acids is 1. The Morgan fingerprint density at radius 2 is 1.96 bits per heavy atom. The van der Waals surface area contributed by atoms with Crippen molar-refractivity contribution in [2.24, 2.45) is 0 Å². The van der Waals surface area contributed by atoms with E-state index in [9.17, 15) is 18.0 Å². The molecule has 2 aromatic rings. The molecule has 0 atom stereocenters. The van der Waals surface area contributed by atoms with Crippen LogP contribution in [0.3, 0.4) is 0 Å². The minimum atomic E-state index is -3.96. The fourth-order valence-electron chi connectivity index (χ4n) is 1.70. The van der Waals surface area contributed by atoms with Gasteiger partial charge in [0, 0.05) is 16.4 Å². The van der Waals surface area contributed by atoms with Crippen LogP contribution in [0.1, 0.15) is 10.4 Å². The van der Waals surface area contributed by atoms with Crippen LogP contribution in [0.5, 0.6) is 0 Å². The van der Waals surface area contributed by atoms with Crippen LogP contribution >= 0.6 is 15.9 Å². The zero-order valence-electron chi connectivity index (χ0n) is 11.6. The molecule has 2 N–H and O–H groups in total. The topological polar surface area (TPSA) is 113 Å². The van der Waals surface area contributed by atoms with Gasteiger partial charge in [0.15, 0.2) is 5.03 Å². The molecular formula is C14H11BrN2O5S. The number of benzene rings is 1.